The van der Waals surface area contributed by atoms with E-state index >= 15 is 0 Å². The molecule has 2 rings (SSSR count). The maximum Gasteiger partial charge on any atom is 0.305 e. The van der Waals surface area contributed by atoms with Crippen LogP contribution in [0.15, 0.2) is 29.7 Å². The standard InChI is InChI=1S/C14H15NO4S/c1-19-11-4-2-10(3-5-11)12-8-20-9-13(16)15(12)7-6-14(17)18/h2-5,8H,6-7,9H2,1H3,(H,17,18). The van der Waals surface area contributed by atoms with E-state index in [2.05, 4.69) is 0 Å². The summed E-state index contributed by atoms with van der Waals surface area (Å²) >= 11 is 1.42. The smallest absolute Gasteiger partial charge is 0.305 e. The molecule has 0 aromatic heterocycles. The molecule has 1 aliphatic heterocycles. The molecule has 0 radical (unpaired) electrons. The van der Waals surface area contributed by atoms with Crippen LogP contribution >= 0.6 is 11.8 Å². The van der Waals surface area contributed by atoms with Gasteiger partial charge in [-0.05, 0) is 35.2 Å². The predicted octanol–water partition coefficient (Wildman–Crippen LogP) is 2.04. The molecule has 1 aromatic rings. The van der Waals surface area contributed by atoms with Gasteiger partial charge in [0.15, 0.2) is 0 Å². The number of nitrogens with zero attached hydrogens (tertiary/aromatic N) is 1. The zero-order valence-corrected chi connectivity index (χ0v) is 11.9. The Morgan fingerprint density at radius 1 is 1.40 bits per heavy atom. The molecule has 6 heteroatoms. The summed E-state index contributed by atoms with van der Waals surface area (Å²) in [6, 6.07) is 7.35. The van der Waals surface area contributed by atoms with Gasteiger partial charge in [-0.15, -0.1) is 11.8 Å². The first-order valence-electron chi connectivity index (χ1n) is 6.10. The van der Waals surface area contributed by atoms with Crippen LogP contribution in [0, 0.1) is 0 Å². The van der Waals surface area contributed by atoms with Crippen LogP contribution in [0.4, 0.5) is 0 Å². The lowest BCUT2D eigenvalue weighted by Gasteiger charge is -2.28. The molecule has 106 valence electrons. The SMILES string of the molecule is COc1ccc(C2=CSCC(=O)N2CCC(=O)O)cc1. The molecule has 1 N–H and O–H groups in total. The highest BCUT2D eigenvalue weighted by molar-refractivity contribution is 8.03. The van der Waals surface area contributed by atoms with Crippen LogP contribution in [0.1, 0.15) is 12.0 Å². The summed E-state index contributed by atoms with van der Waals surface area (Å²) in [4.78, 5) is 24.2. The Kier molecular flexibility index (Phi) is 4.68. The van der Waals surface area contributed by atoms with Gasteiger partial charge in [-0.2, -0.15) is 0 Å². The quantitative estimate of drug-likeness (QED) is 0.900. The number of carbonyl (C=O) groups is 2. The van der Waals surface area contributed by atoms with Crippen molar-refractivity contribution in [2.24, 2.45) is 0 Å². The number of carboxylic acids is 1. The molecule has 0 saturated heterocycles. The highest BCUT2D eigenvalue weighted by Gasteiger charge is 2.23. The molecule has 0 fully saturated rings. The second-order valence-corrected chi connectivity index (χ2v) is 5.09. The number of carbonyl (C=O) groups excluding carboxylic acids is 1. The molecule has 1 amide bonds. The molecule has 1 aromatic carbocycles. The summed E-state index contributed by atoms with van der Waals surface area (Å²) in [5.41, 5.74) is 1.62. The summed E-state index contributed by atoms with van der Waals surface area (Å²) in [5.74, 6) is 0.107. The minimum atomic E-state index is -0.912. The van der Waals surface area contributed by atoms with Crippen LogP contribution < -0.4 is 4.74 Å². The molecule has 1 aliphatic rings. The van der Waals surface area contributed by atoms with Gasteiger partial charge in [-0.1, -0.05) is 0 Å². The highest BCUT2D eigenvalue weighted by atomic mass is 32.2. The number of benzene rings is 1. The Balaban J connectivity index is 2.23. The van der Waals surface area contributed by atoms with Crippen molar-refractivity contribution in [2.45, 2.75) is 6.42 Å². The number of rotatable bonds is 5. The Labute approximate surface area is 121 Å². The molecule has 0 bridgehead atoms. The second kappa shape index (κ2) is 6.47. The average Bonchev–Trinajstić information content (AvgIpc) is 2.45. The summed E-state index contributed by atoms with van der Waals surface area (Å²) in [5, 5.41) is 10.7. The van der Waals surface area contributed by atoms with E-state index in [0.717, 1.165) is 17.0 Å². The Morgan fingerprint density at radius 3 is 2.70 bits per heavy atom. The minimum absolute atomic E-state index is 0.0652. The number of amides is 1. The monoisotopic (exact) mass is 293 g/mol. The molecule has 20 heavy (non-hydrogen) atoms. The van der Waals surface area contributed by atoms with Gasteiger partial charge in [-0.25, -0.2) is 0 Å². The van der Waals surface area contributed by atoms with Gasteiger partial charge in [0, 0.05) is 6.54 Å². The van der Waals surface area contributed by atoms with Crippen LogP contribution in [-0.2, 0) is 9.59 Å². The van der Waals surface area contributed by atoms with E-state index in [0.29, 0.717) is 5.75 Å². The lowest BCUT2D eigenvalue weighted by atomic mass is 10.1. The lowest BCUT2D eigenvalue weighted by molar-refractivity contribution is -0.137. The molecule has 0 spiro atoms. The fourth-order valence-electron chi connectivity index (χ4n) is 1.91. The molecule has 1 heterocycles. The summed E-state index contributed by atoms with van der Waals surface area (Å²) in [6.45, 7) is 0.187. The zero-order chi connectivity index (χ0) is 14.5. The van der Waals surface area contributed by atoms with E-state index in [-0.39, 0.29) is 18.9 Å². The van der Waals surface area contributed by atoms with E-state index in [1.54, 1.807) is 7.11 Å². The van der Waals surface area contributed by atoms with E-state index in [9.17, 15) is 9.59 Å². The van der Waals surface area contributed by atoms with Crippen molar-refractivity contribution in [1.29, 1.82) is 0 Å². The van der Waals surface area contributed by atoms with Crippen LogP contribution in [0.25, 0.3) is 5.70 Å². The van der Waals surface area contributed by atoms with Crippen molar-refractivity contribution >= 4 is 29.3 Å². The van der Waals surface area contributed by atoms with Crippen molar-refractivity contribution < 1.29 is 19.4 Å². The molecule has 0 atom stereocenters. The number of carboxylic acid groups (broad SMARTS) is 1. The Hall–Kier alpha value is -1.95. The van der Waals surface area contributed by atoms with E-state index in [1.807, 2.05) is 29.7 Å². The number of thioether (sulfide) groups is 1. The number of methoxy groups -OCH3 is 1. The fourth-order valence-corrected chi connectivity index (χ4v) is 2.71. The number of aliphatic carboxylic acids is 1. The van der Waals surface area contributed by atoms with Gasteiger partial charge < -0.3 is 14.7 Å². The first-order valence-corrected chi connectivity index (χ1v) is 7.15. The molecular weight excluding hydrogens is 278 g/mol. The number of hydrogen-bond donors (Lipinski definition) is 1. The van der Waals surface area contributed by atoms with E-state index < -0.39 is 5.97 Å². The molecule has 0 saturated carbocycles. The Bertz CT molecular complexity index is 539. The normalized spacial score (nSPS) is 14.9. The van der Waals surface area contributed by atoms with Crippen molar-refractivity contribution in [2.75, 3.05) is 19.4 Å². The highest BCUT2D eigenvalue weighted by Crippen LogP contribution is 2.29. The topological polar surface area (TPSA) is 66.8 Å². The van der Waals surface area contributed by atoms with Gasteiger partial charge in [0.2, 0.25) is 5.91 Å². The third-order valence-electron chi connectivity index (χ3n) is 2.93. The molecular formula is C14H15NO4S. The second-order valence-electron chi connectivity index (χ2n) is 4.23. The van der Waals surface area contributed by atoms with Gasteiger partial charge in [0.05, 0.1) is 25.0 Å². The molecule has 0 aliphatic carbocycles. The maximum absolute atomic E-state index is 12.0. The van der Waals surface area contributed by atoms with Crippen LogP contribution in [0.3, 0.4) is 0 Å². The van der Waals surface area contributed by atoms with E-state index in [1.165, 1.54) is 16.7 Å². The third-order valence-corrected chi connectivity index (χ3v) is 3.73. The summed E-state index contributed by atoms with van der Waals surface area (Å²) < 4.78 is 5.10. The Morgan fingerprint density at radius 2 is 2.10 bits per heavy atom. The van der Waals surface area contributed by atoms with E-state index in [4.69, 9.17) is 9.84 Å². The van der Waals surface area contributed by atoms with Crippen LogP contribution in [0.5, 0.6) is 5.75 Å². The number of ether oxygens (including phenoxy) is 1. The largest absolute Gasteiger partial charge is 0.497 e. The lowest BCUT2D eigenvalue weighted by Crippen LogP contribution is -2.34. The molecule has 5 nitrogen and oxygen atoms in total. The zero-order valence-electron chi connectivity index (χ0n) is 11.0. The minimum Gasteiger partial charge on any atom is -0.497 e. The van der Waals surface area contributed by atoms with Crippen molar-refractivity contribution in [3.63, 3.8) is 0 Å². The first kappa shape index (κ1) is 14.5. The average molecular weight is 293 g/mol. The first-order chi connectivity index (χ1) is 9.61. The van der Waals surface area contributed by atoms with Gasteiger partial charge in [-0.3, -0.25) is 9.59 Å². The predicted molar refractivity (Wildman–Crippen MR) is 77.4 cm³/mol. The summed E-state index contributed by atoms with van der Waals surface area (Å²) in [7, 11) is 1.59. The molecule has 0 unspecified atom stereocenters. The van der Waals surface area contributed by atoms with Gasteiger partial charge >= 0.3 is 5.97 Å². The summed E-state index contributed by atoms with van der Waals surface area (Å²) in [6.07, 6.45) is -0.0656. The van der Waals surface area contributed by atoms with Crippen molar-refractivity contribution in [1.82, 2.24) is 4.90 Å². The van der Waals surface area contributed by atoms with Crippen molar-refractivity contribution in [3.05, 3.63) is 35.2 Å². The van der Waals surface area contributed by atoms with Crippen LogP contribution in [-0.4, -0.2) is 41.3 Å². The third kappa shape index (κ3) is 3.33. The van der Waals surface area contributed by atoms with Gasteiger partial charge in [0.25, 0.3) is 0 Å². The van der Waals surface area contributed by atoms with Gasteiger partial charge in [0.1, 0.15) is 5.75 Å². The van der Waals surface area contributed by atoms with Crippen LogP contribution in [0.2, 0.25) is 0 Å². The fraction of sp³-hybridized carbons (Fsp3) is 0.286. The number of hydrogen-bond acceptors (Lipinski definition) is 4. The maximum atomic E-state index is 12.0. The van der Waals surface area contributed by atoms with Crippen molar-refractivity contribution in [3.8, 4) is 5.75 Å².